The van der Waals surface area contributed by atoms with Gasteiger partial charge in [-0.05, 0) is 25.3 Å². The smallest absolute Gasteiger partial charge is 0.273 e. The van der Waals surface area contributed by atoms with Crippen LogP contribution in [0, 0.1) is 10.1 Å². The van der Waals surface area contributed by atoms with Gasteiger partial charge in [-0.2, -0.15) is 0 Å². The van der Waals surface area contributed by atoms with E-state index in [1.165, 1.54) is 12.5 Å². The van der Waals surface area contributed by atoms with Crippen LogP contribution in [0.5, 0.6) is 0 Å². The molecule has 1 N–H and O–H groups in total. The zero-order valence-corrected chi connectivity index (χ0v) is 12.0. The molecule has 0 radical (unpaired) electrons. The number of hydrogen-bond donors (Lipinski definition) is 1. The van der Waals surface area contributed by atoms with Crippen molar-refractivity contribution in [3.05, 3.63) is 28.3 Å². The van der Waals surface area contributed by atoms with Gasteiger partial charge in [0.1, 0.15) is 0 Å². The van der Waals surface area contributed by atoms with Gasteiger partial charge in [0.15, 0.2) is 0 Å². The van der Waals surface area contributed by atoms with Crippen LogP contribution in [-0.4, -0.2) is 38.3 Å². The van der Waals surface area contributed by atoms with Crippen LogP contribution in [0.15, 0.2) is 18.2 Å². The second-order valence-corrected chi connectivity index (χ2v) is 5.11. The Morgan fingerprint density at radius 3 is 2.85 bits per heavy atom. The number of nitro groups is 1. The number of hydrogen-bond acceptors (Lipinski definition) is 5. The van der Waals surface area contributed by atoms with Gasteiger partial charge in [-0.15, -0.1) is 0 Å². The molecule has 0 amide bonds. The maximum Gasteiger partial charge on any atom is 0.273 e. The van der Waals surface area contributed by atoms with Gasteiger partial charge in [0.2, 0.25) is 0 Å². The van der Waals surface area contributed by atoms with Gasteiger partial charge in [0.05, 0.1) is 11.0 Å². The normalized spacial score (nSPS) is 18.6. The number of benzene rings is 1. The highest BCUT2D eigenvalue weighted by Crippen LogP contribution is 2.27. The number of likely N-dealkylation sites (N-methyl/N-ethyl adjacent to an activating group) is 1. The van der Waals surface area contributed by atoms with Crippen LogP contribution in [0.3, 0.4) is 0 Å². The highest BCUT2D eigenvalue weighted by atomic mass is 16.6. The Kier molecular flexibility index (Phi) is 4.79. The maximum atomic E-state index is 11.0. The fourth-order valence-corrected chi connectivity index (χ4v) is 2.43. The minimum absolute atomic E-state index is 0.100. The lowest BCUT2D eigenvalue weighted by Crippen LogP contribution is -2.33. The lowest BCUT2D eigenvalue weighted by atomic mass is 10.1. The van der Waals surface area contributed by atoms with E-state index >= 15 is 0 Å². The van der Waals surface area contributed by atoms with Crippen molar-refractivity contribution >= 4 is 17.1 Å². The number of rotatable bonds is 5. The largest absolute Gasteiger partial charge is 0.388 e. The van der Waals surface area contributed by atoms with Crippen molar-refractivity contribution in [2.45, 2.75) is 25.4 Å². The third-order valence-corrected chi connectivity index (χ3v) is 3.59. The van der Waals surface area contributed by atoms with Crippen LogP contribution in [0.4, 0.5) is 17.1 Å². The molecule has 1 aromatic rings. The zero-order valence-electron chi connectivity index (χ0n) is 12.0. The van der Waals surface area contributed by atoms with Gasteiger partial charge >= 0.3 is 0 Å². The van der Waals surface area contributed by atoms with Crippen molar-refractivity contribution in [2.24, 2.45) is 0 Å². The SMILES string of the molecule is CNc1cc(N(C)CC2CCCCO2)cc([N+](=O)[O-])c1. The average Bonchev–Trinajstić information content (AvgIpc) is 2.47. The summed E-state index contributed by atoms with van der Waals surface area (Å²) in [6.07, 6.45) is 3.58. The van der Waals surface area contributed by atoms with Gasteiger partial charge in [-0.1, -0.05) is 0 Å². The summed E-state index contributed by atoms with van der Waals surface area (Å²) in [5.41, 5.74) is 1.67. The van der Waals surface area contributed by atoms with Crippen LogP contribution in [-0.2, 0) is 4.74 Å². The zero-order chi connectivity index (χ0) is 14.5. The fraction of sp³-hybridized carbons (Fsp3) is 0.571. The molecule has 6 heteroatoms. The highest BCUT2D eigenvalue weighted by Gasteiger charge is 2.18. The monoisotopic (exact) mass is 279 g/mol. The molecule has 0 bridgehead atoms. The third-order valence-electron chi connectivity index (χ3n) is 3.59. The number of non-ortho nitro benzene ring substituents is 1. The molecular weight excluding hydrogens is 258 g/mol. The molecule has 1 aliphatic rings. The average molecular weight is 279 g/mol. The summed E-state index contributed by atoms with van der Waals surface area (Å²) in [6, 6.07) is 5.05. The van der Waals surface area contributed by atoms with E-state index in [2.05, 4.69) is 5.32 Å². The topological polar surface area (TPSA) is 67.6 Å². The third kappa shape index (κ3) is 3.60. The van der Waals surface area contributed by atoms with Gasteiger partial charge in [0.25, 0.3) is 5.69 Å². The van der Waals surface area contributed by atoms with Crippen LogP contribution in [0.1, 0.15) is 19.3 Å². The first-order chi connectivity index (χ1) is 9.60. The molecule has 1 fully saturated rings. The summed E-state index contributed by atoms with van der Waals surface area (Å²) >= 11 is 0. The summed E-state index contributed by atoms with van der Waals surface area (Å²) < 4.78 is 5.71. The summed E-state index contributed by atoms with van der Waals surface area (Å²) in [5.74, 6) is 0. The minimum atomic E-state index is -0.366. The Bertz CT molecular complexity index is 473. The van der Waals surface area contributed by atoms with E-state index in [9.17, 15) is 10.1 Å². The lowest BCUT2D eigenvalue weighted by molar-refractivity contribution is -0.384. The van der Waals surface area contributed by atoms with Crippen LogP contribution in [0.2, 0.25) is 0 Å². The Balaban J connectivity index is 2.13. The van der Waals surface area contributed by atoms with E-state index in [1.54, 1.807) is 13.1 Å². The molecule has 1 saturated heterocycles. The minimum Gasteiger partial charge on any atom is -0.388 e. The Morgan fingerprint density at radius 2 is 2.25 bits per heavy atom. The van der Waals surface area contributed by atoms with Gasteiger partial charge < -0.3 is 15.0 Å². The summed E-state index contributed by atoms with van der Waals surface area (Å²) in [4.78, 5) is 12.6. The fourth-order valence-electron chi connectivity index (χ4n) is 2.43. The molecule has 0 spiro atoms. The molecule has 0 saturated carbocycles. The number of nitrogens with zero attached hydrogens (tertiary/aromatic N) is 2. The number of nitro benzene ring substituents is 1. The van der Waals surface area contributed by atoms with Crippen molar-refractivity contribution < 1.29 is 9.66 Å². The van der Waals surface area contributed by atoms with E-state index in [1.807, 2.05) is 18.0 Å². The number of ether oxygens (including phenoxy) is 1. The predicted molar refractivity (Wildman–Crippen MR) is 79.5 cm³/mol. The van der Waals surface area contributed by atoms with E-state index in [0.717, 1.165) is 37.4 Å². The molecule has 1 atom stereocenters. The first kappa shape index (κ1) is 14.6. The maximum absolute atomic E-state index is 11.0. The molecule has 2 rings (SSSR count). The van der Waals surface area contributed by atoms with E-state index in [4.69, 9.17) is 4.74 Å². The molecule has 1 unspecified atom stereocenters. The summed E-state index contributed by atoms with van der Waals surface area (Å²) in [6.45, 7) is 1.57. The van der Waals surface area contributed by atoms with Gasteiger partial charge in [0, 0.05) is 50.8 Å². The van der Waals surface area contributed by atoms with E-state index in [-0.39, 0.29) is 16.7 Å². The molecule has 1 aliphatic heterocycles. The van der Waals surface area contributed by atoms with Crippen molar-refractivity contribution in [2.75, 3.05) is 37.5 Å². The predicted octanol–water partition coefficient (Wildman–Crippen LogP) is 2.64. The van der Waals surface area contributed by atoms with Crippen LogP contribution < -0.4 is 10.2 Å². The molecule has 0 aromatic heterocycles. The number of nitrogens with one attached hydrogen (secondary N) is 1. The van der Waals surface area contributed by atoms with Crippen LogP contribution in [0.25, 0.3) is 0 Å². The molecule has 6 nitrogen and oxygen atoms in total. The van der Waals surface area contributed by atoms with Crippen molar-refractivity contribution in [1.29, 1.82) is 0 Å². The number of anilines is 2. The standard InChI is InChI=1S/C14H21N3O3/c1-15-11-7-12(9-13(8-11)17(18)19)16(2)10-14-5-3-4-6-20-14/h7-9,14-15H,3-6,10H2,1-2H3. The van der Waals surface area contributed by atoms with Crippen molar-refractivity contribution in [1.82, 2.24) is 0 Å². The Labute approximate surface area is 118 Å². The van der Waals surface area contributed by atoms with Gasteiger partial charge in [-0.3, -0.25) is 10.1 Å². The first-order valence-electron chi connectivity index (χ1n) is 6.90. The second-order valence-electron chi connectivity index (χ2n) is 5.11. The van der Waals surface area contributed by atoms with Gasteiger partial charge in [-0.25, -0.2) is 0 Å². The Hall–Kier alpha value is -1.82. The second kappa shape index (κ2) is 6.56. The van der Waals surface area contributed by atoms with Crippen molar-refractivity contribution in [3.8, 4) is 0 Å². The summed E-state index contributed by atoms with van der Waals surface area (Å²) in [7, 11) is 3.70. The molecule has 0 aliphatic carbocycles. The molecular formula is C14H21N3O3. The van der Waals surface area contributed by atoms with Crippen LogP contribution >= 0.6 is 0 Å². The quantitative estimate of drug-likeness (QED) is 0.663. The van der Waals surface area contributed by atoms with E-state index in [0.29, 0.717) is 0 Å². The molecule has 110 valence electrons. The molecule has 20 heavy (non-hydrogen) atoms. The lowest BCUT2D eigenvalue weighted by Gasteiger charge is -2.28. The summed E-state index contributed by atoms with van der Waals surface area (Å²) in [5, 5.41) is 13.9. The first-order valence-corrected chi connectivity index (χ1v) is 6.90. The van der Waals surface area contributed by atoms with Crippen molar-refractivity contribution in [3.63, 3.8) is 0 Å². The molecule has 1 heterocycles. The Morgan fingerprint density at radius 1 is 1.45 bits per heavy atom. The highest BCUT2D eigenvalue weighted by molar-refractivity contribution is 5.64. The van der Waals surface area contributed by atoms with E-state index < -0.39 is 0 Å². The molecule has 1 aromatic carbocycles.